The lowest BCUT2D eigenvalue weighted by Gasteiger charge is -2.06. The van der Waals surface area contributed by atoms with Crippen molar-refractivity contribution >= 4 is 21.6 Å². The molecule has 3 aromatic rings. The maximum atomic E-state index is 5.93. The lowest BCUT2D eigenvalue weighted by Crippen LogP contribution is -1.97. The van der Waals surface area contributed by atoms with Crippen molar-refractivity contribution in [1.82, 2.24) is 4.98 Å². The van der Waals surface area contributed by atoms with Gasteiger partial charge in [0.05, 0.1) is 23.4 Å². The maximum absolute atomic E-state index is 5.93. The normalized spacial score (nSPS) is 11.2. The molecule has 0 atom stereocenters. The van der Waals surface area contributed by atoms with Crippen molar-refractivity contribution in [2.75, 3.05) is 13.2 Å². The van der Waals surface area contributed by atoms with Gasteiger partial charge in [0.1, 0.15) is 16.5 Å². The van der Waals surface area contributed by atoms with Gasteiger partial charge < -0.3 is 9.47 Å². The molecule has 0 spiro atoms. The summed E-state index contributed by atoms with van der Waals surface area (Å²) in [6, 6.07) is 14.6. The highest BCUT2D eigenvalue weighted by Gasteiger charge is 2.08. The predicted octanol–water partition coefficient (Wildman–Crippen LogP) is 8.66. The van der Waals surface area contributed by atoms with E-state index in [1.807, 2.05) is 6.07 Å². The van der Waals surface area contributed by atoms with Crippen LogP contribution in [-0.2, 0) is 0 Å². The second-order valence-electron chi connectivity index (χ2n) is 8.20. The largest absolute Gasteiger partial charge is 0.494 e. The average Bonchev–Trinajstić information content (AvgIpc) is 3.22. The number of benzene rings is 2. The highest BCUT2D eigenvalue weighted by atomic mass is 32.1. The summed E-state index contributed by atoms with van der Waals surface area (Å²) in [7, 11) is 0. The minimum absolute atomic E-state index is 0.789. The molecule has 1 aromatic heterocycles. The first-order chi connectivity index (χ1) is 15.3. The molecule has 0 aliphatic heterocycles. The van der Waals surface area contributed by atoms with Gasteiger partial charge in [-0.3, -0.25) is 0 Å². The van der Waals surface area contributed by atoms with Crippen LogP contribution in [0, 0.1) is 0 Å². The molecule has 0 unspecified atom stereocenters. The van der Waals surface area contributed by atoms with Crippen LogP contribution in [0.1, 0.15) is 78.1 Å². The van der Waals surface area contributed by atoms with Crippen LogP contribution in [-0.4, -0.2) is 18.2 Å². The zero-order valence-electron chi connectivity index (χ0n) is 19.2. The first-order valence-corrected chi connectivity index (χ1v) is 12.9. The predicted molar refractivity (Wildman–Crippen MR) is 134 cm³/mol. The van der Waals surface area contributed by atoms with Gasteiger partial charge in [0.2, 0.25) is 0 Å². The molecule has 1 heterocycles. The first-order valence-electron chi connectivity index (χ1n) is 12.1. The van der Waals surface area contributed by atoms with E-state index in [1.54, 1.807) is 11.3 Å². The molecular formula is C27H37NO2S. The van der Waals surface area contributed by atoms with Crippen molar-refractivity contribution in [3.8, 4) is 22.1 Å². The fourth-order valence-corrected chi connectivity index (χ4v) is 4.60. The summed E-state index contributed by atoms with van der Waals surface area (Å²) in [6.07, 6.45) is 12.6. The van der Waals surface area contributed by atoms with Gasteiger partial charge in [-0.25, -0.2) is 4.98 Å². The zero-order valence-corrected chi connectivity index (χ0v) is 20.0. The number of nitrogens with zero attached hydrogens (tertiary/aromatic N) is 1. The van der Waals surface area contributed by atoms with E-state index in [-0.39, 0.29) is 0 Å². The SMILES string of the molecule is CCCCCCCCOc1ccc(-c2nc3ccc(OCCCCCC)cc3s2)cc1. The molecule has 0 amide bonds. The van der Waals surface area contributed by atoms with E-state index < -0.39 is 0 Å². The third-order valence-corrected chi connectivity index (χ3v) is 6.56. The fraction of sp³-hybridized carbons (Fsp3) is 0.519. The summed E-state index contributed by atoms with van der Waals surface area (Å²) >= 11 is 1.72. The van der Waals surface area contributed by atoms with Crippen molar-refractivity contribution in [1.29, 1.82) is 0 Å². The van der Waals surface area contributed by atoms with Crippen LogP contribution in [0.2, 0.25) is 0 Å². The standard InChI is InChI=1S/C27H37NO2S/c1-3-5-7-9-10-12-19-29-23-15-13-22(14-16-23)27-28-25-18-17-24(21-26(25)31-27)30-20-11-8-6-4-2/h13-18,21H,3-12,19-20H2,1-2H3. The molecule has 168 valence electrons. The van der Waals surface area contributed by atoms with Crippen LogP contribution in [0.3, 0.4) is 0 Å². The van der Waals surface area contributed by atoms with Gasteiger partial charge in [0.25, 0.3) is 0 Å². The van der Waals surface area contributed by atoms with Crippen molar-refractivity contribution in [2.45, 2.75) is 78.1 Å². The summed E-state index contributed by atoms with van der Waals surface area (Å²) in [5.41, 5.74) is 2.16. The van der Waals surface area contributed by atoms with Crippen molar-refractivity contribution in [3.05, 3.63) is 42.5 Å². The van der Waals surface area contributed by atoms with Crippen LogP contribution in [0.5, 0.6) is 11.5 Å². The minimum atomic E-state index is 0.789. The maximum Gasteiger partial charge on any atom is 0.124 e. The van der Waals surface area contributed by atoms with E-state index in [9.17, 15) is 0 Å². The molecule has 0 saturated heterocycles. The molecule has 3 rings (SSSR count). The molecule has 0 aliphatic rings. The number of ether oxygens (including phenoxy) is 2. The van der Waals surface area contributed by atoms with Gasteiger partial charge in [-0.15, -0.1) is 11.3 Å². The number of aromatic nitrogens is 1. The molecule has 2 aromatic carbocycles. The number of unbranched alkanes of at least 4 members (excludes halogenated alkanes) is 8. The smallest absolute Gasteiger partial charge is 0.124 e. The number of rotatable bonds is 15. The highest BCUT2D eigenvalue weighted by Crippen LogP contribution is 2.33. The molecular weight excluding hydrogens is 402 g/mol. The van der Waals surface area contributed by atoms with Crippen LogP contribution >= 0.6 is 11.3 Å². The molecule has 4 heteroatoms. The second-order valence-corrected chi connectivity index (χ2v) is 9.23. The van der Waals surface area contributed by atoms with E-state index in [1.165, 1.54) is 56.1 Å². The quantitative estimate of drug-likeness (QED) is 0.222. The van der Waals surface area contributed by atoms with Crippen LogP contribution < -0.4 is 9.47 Å². The topological polar surface area (TPSA) is 31.4 Å². The van der Waals surface area contributed by atoms with Crippen LogP contribution in [0.4, 0.5) is 0 Å². The molecule has 31 heavy (non-hydrogen) atoms. The van der Waals surface area contributed by atoms with Gasteiger partial charge >= 0.3 is 0 Å². The Hall–Kier alpha value is -2.07. The fourth-order valence-electron chi connectivity index (χ4n) is 3.60. The number of hydrogen-bond acceptors (Lipinski definition) is 4. The molecule has 0 fully saturated rings. The Morgan fingerprint density at radius 1 is 0.677 bits per heavy atom. The molecule has 0 saturated carbocycles. The lowest BCUT2D eigenvalue weighted by atomic mass is 10.1. The van der Waals surface area contributed by atoms with E-state index in [0.717, 1.165) is 53.6 Å². The zero-order chi connectivity index (χ0) is 21.7. The average molecular weight is 440 g/mol. The van der Waals surface area contributed by atoms with Crippen molar-refractivity contribution in [3.63, 3.8) is 0 Å². The van der Waals surface area contributed by atoms with Crippen LogP contribution in [0.15, 0.2) is 42.5 Å². The summed E-state index contributed by atoms with van der Waals surface area (Å²) in [5.74, 6) is 1.88. The van der Waals surface area contributed by atoms with Crippen molar-refractivity contribution in [2.24, 2.45) is 0 Å². The second kappa shape index (κ2) is 13.4. The van der Waals surface area contributed by atoms with Crippen molar-refractivity contribution < 1.29 is 9.47 Å². The summed E-state index contributed by atoms with van der Waals surface area (Å²) in [6.45, 7) is 6.07. The summed E-state index contributed by atoms with van der Waals surface area (Å²) in [5, 5.41) is 1.04. The van der Waals surface area contributed by atoms with Gasteiger partial charge in [-0.2, -0.15) is 0 Å². The first kappa shape index (κ1) is 23.6. The minimum Gasteiger partial charge on any atom is -0.494 e. The van der Waals surface area contributed by atoms with Crippen LogP contribution in [0.25, 0.3) is 20.8 Å². The van der Waals surface area contributed by atoms with E-state index in [2.05, 4.69) is 50.2 Å². The van der Waals surface area contributed by atoms with E-state index >= 15 is 0 Å². The molecule has 0 radical (unpaired) electrons. The van der Waals surface area contributed by atoms with E-state index in [4.69, 9.17) is 14.5 Å². The number of hydrogen-bond donors (Lipinski definition) is 0. The van der Waals surface area contributed by atoms with Gasteiger partial charge in [-0.05, 0) is 55.3 Å². The molecule has 0 aliphatic carbocycles. The number of fused-ring (bicyclic) bond motifs is 1. The Morgan fingerprint density at radius 3 is 1.97 bits per heavy atom. The van der Waals surface area contributed by atoms with Gasteiger partial charge in [0.15, 0.2) is 0 Å². The molecule has 3 nitrogen and oxygen atoms in total. The van der Waals surface area contributed by atoms with E-state index in [0.29, 0.717) is 0 Å². The summed E-state index contributed by atoms with van der Waals surface area (Å²) in [4.78, 5) is 4.81. The number of thiazole rings is 1. The highest BCUT2D eigenvalue weighted by molar-refractivity contribution is 7.21. The monoisotopic (exact) mass is 439 g/mol. The Kier molecular flexibility index (Phi) is 10.2. The van der Waals surface area contributed by atoms with Gasteiger partial charge in [0, 0.05) is 5.56 Å². The molecule has 0 N–H and O–H groups in total. The van der Waals surface area contributed by atoms with Gasteiger partial charge in [-0.1, -0.05) is 65.2 Å². The Labute approximate surface area is 191 Å². The Bertz CT molecular complexity index is 888. The third-order valence-electron chi connectivity index (χ3n) is 5.49. The third kappa shape index (κ3) is 7.84. The molecule has 0 bridgehead atoms. The Balaban J connectivity index is 1.49. The lowest BCUT2D eigenvalue weighted by molar-refractivity contribution is 0.304. The summed E-state index contributed by atoms with van der Waals surface area (Å²) < 4.78 is 13.0. The Morgan fingerprint density at radius 2 is 1.26 bits per heavy atom.